The van der Waals surface area contributed by atoms with E-state index in [0.717, 1.165) is 10.9 Å². The van der Waals surface area contributed by atoms with Crippen LogP contribution in [0.3, 0.4) is 0 Å². The highest BCUT2D eigenvalue weighted by molar-refractivity contribution is 5.69. The number of rotatable bonds is 5. The highest BCUT2D eigenvalue weighted by atomic mass is 16.5. The fourth-order valence-electron chi connectivity index (χ4n) is 1.59. The summed E-state index contributed by atoms with van der Waals surface area (Å²) in [6.45, 7) is 4.32. The van der Waals surface area contributed by atoms with Crippen molar-refractivity contribution in [3.05, 3.63) is 0 Å². The molecular weight excluding hydrogens is 178 g/mol. The molecule has 0 N–H and O–H groups in total. The Balaban J connectivity index is 4.34. The van der Waals surface area contributed by atoms with Gasteiger partial charge in [-0.05, 0) is 13.3 Å². The Hall–Kier alpha value is -0.570. The first-order valence-corrected chi connectivity index (χ1v) is 5.20. The molecule has 0 heterocycles. The zero-order valence-electron chi connectivity index (χ0n) is 10.3. The number of carbonyl (C=O) groups is 1. The quantitative estimate of drug-likeness (QED) is 0.501. The van der Waals surface area contributed by atoms with Crippen LogP contribution in [0.5, 0.6) is 0 Å². The maximum absolute atomic E-state index is 11.2. The molecule has 0 aliphatic carbocycles. The Kier molecular flexibility index (Phi) is 5.13. The molecule has 3 nitrogen and oxygen atoms in total. The molecule has 14 heavy (non-hydrogen) atoms. The molecule has 84 valence electrons. The maximum atomic E-state index is 11.2. The number of nitrogens with zero attached hydrogens (tertiary/aromatic N) is 1. The fourth-order valence-corrected chi connectivity index (χ4v) is 1.59. The smallest absolute Gasteiger partial charge is 0.306 e. The van der Waals surface area contributed by atoms with E-state index in [0.29, 0.717) is 18.4 Å². The number of quaternary nitrogens is 1. The van der Waals surface area contributed by atoms with Crippen molar-refractivity contribution in [2.24, 2.45) is 5.92 Å². The SMILES string of the molecule is CCC(CC(=O)OC)C(C)[N+](C)(C)C. The van der Waals surface area contributed by atoms with Crippen LogP contribution in [0.25, 0.3) is 0 Å². The number of hydrogen-bond donors (Lipinski definition) is 0. The van der Waals surface area contributed by atoms with E-state index in [4.69, 9.17) is 4.74 Å². The highest BCUT2D eigenvalue weighted by Crippen LogP contribution is 2.20. The largest absolute Gasteiger partial charge is 0.469 e. The van der Waals surface area contributed by atoms with Crippen molar-refractivity contribution in [1.29, 1.82) is 0 Å². The van der Waals surface area contributed by atoms with Gasteiger partial charge >= 0.3 is 5.97 Å². The van der Waals surface area contributed by atoms with Gasteiger partial charge in [-0.2, -0.15) is 0 Å². The van der Waals surface area contributed by atoms with Crippen LogP contribution < -0.4 is 0 Å². The molecule has 0 aromatic carbocycles. The first kappa shape index (κ1) is 13.4. The second-order valence-corrected chi connectivity index (χ2v) is 4.81. The fraction of sp³-hybridized carbons (Fsp3) is 0.909. The van der Waals surface area contributed by atoms with E-state index < -0.39 is 0 Å². The Morgan fingerprint density at radius 2 is 1.86 bits per heavy atom. The molecule has 3 heteroatoms. The minimum atomic E-state index is -0.0999. The topological polar surface area (TPSA) is 26.3 Å². The summed E-state index contributed by atoms with van der Waals surface area (Å²) in [5.41, 5.74) is 0. The average Bonchev–Trinajstić information content (AvgIpc) is 2.11. The van der Waals surface area contributed by atoms with Crippen molar-refractivity contribution in [2.45, 2.75) is 32.7 Å². The van der Waals surface area contributed by atoms with Crippen molar-refractivity contribution in [3.63, 3.8) is 0 Å². The van der Waals surface area contributed by atoms with Gasteiger partial charge in [-0.3, -0.25) is 4.79 Å². The van der Waals surface area contributed by atoms with E-state index in [2.05, 4.69) is 35.0 Å². The molecule has 0 radical (unpaired) electrons. The number of carbonyl (C=O) groups excluding carboxylic acids is 1. The molecule has 0 aliphatic heterocycles. The second kappa shape index (κ2) is 5.35. The Morgan fingerprint density at radius 3 is 2.14 bits per heavy atom. The monoisotopic (exact) mass is 202 g/mol. The number of ether oxygens (including phenoxy) is 1. The maximum Gasteiger partial charge on any atom is 0.306 e. The third kappa shape index (κ3) is 4.09. The van der Waals surface area contributed by atoms with Crippen molar-refractivity contribution in [3.8, 4) is 0 Å². The molecule has 0 aromatic rings. The van der Waals surface area contributed by atoms with Crippen molar-refractivity contribution in [1.82, 2.24) is 0 Å². The lowest BCUT2D eigenvalue weighted by molar-refractivity contribution is -0.898. The van der Waals surface area contributed by atoms with Crippen LogP contribution in [0.1, 0.15) is 26.7 Å². The van der Waals surface area contributed by atoms with Gasteiger partial charge in [0.25, 0.3) is 0 Å². The number of esters is 1. The summed E-state index contributed by atoms with van der Waals surface area (Å²) in [6, 6.07) is 0.471. The Labute approximate surface area is 87.6 Å². The van der Waals surface area contributed by atoms with Crippen LogP contribution in [0.4, 0.5) is 0 Å². The molecule has 0 rings (SSSR count). The predicted molar refractivity (Wildman–Crippen MR) is 57.9 cm³/mol. The van der Waals surface area contributed by atoms with Crippen molar-refractivity contribution >= 4 is 5.97 Å². The van der Waals surface area contributed by atoms with Gasteiger partial charge in [-0.15, -0.1) is 0 Å². The van der Waals surface area contributed by atoms with E-state index in [-0.39, 0.29) is 5.97 Å². The van der Waals surface area contributed by atoms with Gasteiger partial charge in [-0.1, -0.05) is 6.92 Å². The van der Waals surface area contributed by atoms with E-state index in [1.165, 1.54) is 7.11 Å². The van der Waals surface area contributed by atoms with Crippen LogP contribution in [0, 0.1) is 5.92 Å². The van der Waals surface area contributed by atoms with E-state index >= 15 is 0 Å². The molecule has 0 fully saturated rings. The van der Waals surface area contributed by atoms with Crippen LogP contribution in [-0.2, 0) is 9.53 Å². The molecule has 0 spiro atoms. The van der Waals surface area contributed by atoms with Gasteiger partial charge in [0.2, 0.25) is 0 Å². The lowest BCUT2D eigenvalue weighted by atomic mass is 9.93. The van der Waals surface area contributed by atoms with Gasteiger partial charge in [0.05, 0.1) is 40.7 Å². The lowest BCUT2D eigenvalue weighted by Crippen LogP contribution is -2.47. The van der Waals surface area contributed by atoms with Gasteiger partial charge in [-0.25, -0.2) is 0 Å². The minimum Gasteiger partial charge on any atom is -0.469 e. The predicted octanol–water partition coefficient (Wildman–Crippen LogP) is 1.67. The van der Waals surface area contributed by atoms with E-state index in [1.807, 2.05) is 0 Å². The summed E-state index contributed by atoms with van der Waals surface area (Å²) in [6.07, 6.45) is 1.55. The number of hydrogen-bond acceptors (Lipinski definition) is 2. The van der Waals surface area contributed by atoms with Crippen LogP contribution >= 0.6 is 0 Å². The van der Waals surface area contributed by atoms with Gasteiger partial charge in [0, 0.05) is 5.92 Å². The summed E-state index contributed by atoms with van der Waals surface area (Å²) in [5, 5.41) is 0. The van der Waals surface area contributed by atoms with Gasteiger partial charge in [0.15, 0.2) is 0 Å². The molecule has 0 aliphatic rings. The standard InChI is InChI=1S/C11H24NO2/c1-7-10(8-11(13)14-6)9(2)12(3,4)5/h9-10H,7-8H2,1-6H3/q+1. The first-order chi connectivity index (χ1) is 6.32. The average molecular weight is 202 g/mol. The Morgan fingerprint density at radius 1 is 1.36 bits per heavy atom. The van der Waals surface area contributed by atoms with Crippen LogP contribution in [-0.4, -0.2) is 44.7 Å². The minimum absolute atomic E-state index is 0.0999. The molecule has 2 unspecified atom stereocenters. The molecule has 2 atom stereocenters. The molecule has 0 bridgehead atoms. The summed E-state index contributed by atoms with van der Waals surface area (Å²) < 4.78 is 5.58. The van der Waals surface area contributed by atoms with Crippen LogP contribution in [0.2, 0.25) is 0 Å². The number of methoxy groups -OCH3 is 1. The third-order valence-electron chi connectivity index (χ3n) is 3.08. The molecule has 0 amide bonds. The lowest BCUT2D eigenvalue weighted by Gasteiger charge is -2.36. The second-order valence-electron chi connectivity index (χ2n) is 4.81. The molecule has 0 saturated carbocycles. The van der Waals surface area contributed by atoms with Crippen LogP contribution in [0.15, 0.2) is 0 Å². The summed E-state index contributed by atoms with van der Waals surface area (Å²) >= 11 is 0. The molecule has 0 aromatic heterocycles. The zero-order chi connectivity index (χ0) is 11.4. The molecular formula is C11H24NO2+. The normalized spacial score (nSPS) is 16.1. The van der Waals surface area contributed by atoms with Gasteiger partial charge < -0.3 is 9.22 Å². The summed E-state index contributed by atoms with van der Waals surface area (Å²) in [7, 11) is 7.92. The Bertz CT molecular complexity index is 184. The summed E-state index contributed by atoms with van der Waals surface area (Å²) in [4.78, 5) is 11.2. The van der Waals surface area contributed by atoms with Crippen molar-refractivity contribution < 1.29 is 14.0 Å². The highest BCUT2D eigenvalue weighted by Gasteiger charge is 2.28. The molecule has 0 saturated heterocycles. The van der Waals surface area contributed by atoms with Gasteiger partial charge in [0.1, 0.15) is 0 Å². The van der Waals surface area contributed by atoms with E-state index in [1.54, 1.807) is 0 Å². The third-order valence-corrected chi connectivity index (χ3v) is 3.08. The first-order valence-electron chi connectivity index (χ1n) is 5.20. The van der Waals surface area contributed by atoms with Crippen molar-refractivity contribution in [2.75, 3.05) is 28.3 Å². The zero-order valence-corrected chi connectivity index (χ0v) is 10.3. The summed E-state index contributed by atoms with van der Waals surface area (Å²) in [5.74, 6) is 0.305. The van der Waals surface area contributed by atoms with E-state index in [9.17, 15) is 4.79 Å².